The van der Waals surface area contributed by atoms with Crippen LogP contribution >= 0.6 is 0 Å². The lowest BCUT2D eigenvalue weighted by atomic mass is 10.2. The van der Waals surface area contributed by atoms with Crippen LogP contribution in [0.1, 0.15) is 23.4 Å². The Morgan fingerprint density at radius 2 is 2.00 bits per heavy atom. The highest BCUT2D eigenvalue weighted by Gasteiger charge is 2.32. The number of nitrogens with one attached hydrogen (secondary N) is 1. The van der Waals surface area contributed by atoms with Gasteiger partial charge in [0.1, 0.15) is 5.69 Å². The van der Waals surface area contributed by atoms with Crippen molar-refractivity contribution in [2.75, 3.05) is 6.26 Å². The lowest BCUT2D eigenvalue weighted by Crippen LogP contribution is -2.10. The number of hydrogen-bond donors (Lipinski definition) is 1. The number of rotatable bonds is 2. The first kappa shape index (κ1) is 13.0. The second-order valence-corrected chi connectivity index (χ2v) is 6.04. The molecular formula is C9H11F3N2OS. The molecule has 1 aromatic heterocycles. The van der Waals surface area contributed by atoms with E-state index in [0.29, 0.717) is 5.56 Å². The highest BCUT2D eigenvalue weighted by molar-refractivity contribution is 7.91. The van der Waals surface area contributed by atoms with Gasteiger partial charge in [-0.2, -0.15) is 13.2 Å². The maximum absolute atomic E-state index is 12.2. The quantitative estimate of drug-likeness (QED) is 0.879. The molecule has 0 saturated carbocycles. The number of aromatic nitrogens is 1. The summed E-state index contributed by atoms with van der Waals surface area (Å²) in [6, 6.07) is 2.04. The molecule has 0 spiro atoms. The van der Waals surface area contributed by atoms with Crippen molar-refractivity contribution in [3.8, 4) is 0 Å². The molecule has 0 aliphatic heterocycles. The van der Waals surface area contributed by atoms with Crippen molar-refractivity contribution in [2.45, 2.75) is 18.3 Å². The number of halogens is 3. The van der Waals surface area contributed by atoms with Crippen LogP contribution in [0.25, 0.3) is 0 Å². The van der Waals surface area contributed by atoms with Gasteiger partial charge in [-0.25, -0.2) is 4.21 Å². The third-order valence-electron chi connectivity index (χ3n) is 2.22. The zero-order valence-corrected chi connectivity index (χ0v) is 9.52. The van der Waals surface area contributed by atoms with E-state index in [0.717, 1.165) is 12.3 Å². The summed E-state index contributed by atoms with van der Waals surface area (Å²) in [5, 5.41) is -0.637. The van der Waals surface area contributed by atoms with Gasteiger partial charge in [-0.15, -0.1) is 0 Å². The number of alkyl halides is 3. The van der Waals surface area contributed by atoms with Crippen molar-refractivity contribution < 1.29 is 17.4 Å². The van der Waals surface area contributed by atoms with Crippen molar-refractivity contribution >= 4 is 9.73 Å². The fraction of sp³-hybridized carbons (Fsp3) is 0.444. The van der Waals surface area contributed by atoms with Gasteiger partial charge >= 0.3 is 6.18 Å². The Hall–Kier alpha value is -1.11. The lowest BCUT2D eigenvalue weighted by molar-refractivity contribution is -0.141. The average molecular weight is 252 g/mol. The molecule has 0 aliphatic carbocycles. The van der Waals surface area contributed by atoms with Gasteiger partial charge in [0, 0.05) is 22.2 Å². The van der Waals surface area contributed by atoms with E-state index >= 15 is 0 Å². The van der Waals surface area contributed by atoms with Crippen molar-refractivity contribution in [1.29, 1.82) is 4.78 Å². The summed E-state index contributed by atoms with van der Waals surface area (Å²) in [5.41, 5.74) is -0.619. The molecule has 7 heteroatoms. The van der Waals surface area contributed by atoms with Crippen LogP contribution in [-0.4, -0.2) is 15.4 Å². The standard InChI is InChI=1S/C9H11F3N2OS/c1-6(16(2,13)15)7-3-4-8(14-5-7)9(10,11)12/h3-6,13H,1-2H3. The number of pyridine rings is 1. The van der Waals surface area contributed by atoms with Crippen LogP contribution in [0.15, 0.2) is 18.3 Å². The minimum atomic E-state index is -4.48. The molecule has 0 saturated heterocycles. The van der Waals surface area contributed by atoms with E-state index in [1.165, 1.54) is 19.2 Å². The summed E-state index contributed by atoms with van der Waals surface area (Å²) >= 11 is 0. The molecule has 1 N–H and O–H groups in total. The van der Waals surface area contributed by atoms with E-state index in [9.17, 15) is 17.4 Å². The first-order valence-corrected chi connectivity index (χ1v) is 6.41. The van der Waals surface area contributed by atoms with E-state index in [1.54, 1.807) is 0 Å². The Bertz CT molecular complexity index is 465. The second kappa shape index (κ2) is 4.04. The molecule has 1 rings (SSSR count). The first-order chi connectivity index (χ1) is 7.12. The zero-order chi connectivity index (χ0) is 12.6. The molecule has 16 heavy (non-hydrogen) atoms. The highest BCUT2D eigenvalue weighted by atomic mass is 32.2. The maximum atomic E-state index is 12.2. The van der Waals surface area contributed by atoms with E-state index < -0.39 is 26.8 Å². The molecule has 0 bridgehead atoms. The van der Waals surface area contributed by atoms with Crippen molar-refractivity contribution in [3.63, 3.8) is 0 Å². The summed E-state index contributed by atoms with van der Waals surface area (Å²) in [7, 11) is -2.83. The van der Waals surface area contributed by atoms with Gasteiger partial charge in [0.05, 0.1) is 5.25 Å². The van der Waals surface area contributed by atoms with Crippen LogP contribution in [0, 0.1) is 4.78 Å². The molecule has 2 atom stereocenters. The van der Waals surface area contributed by atoms with Crippen molar-refractivity contribution in [1.82, 2.24) is 4.98 Å². The number of hydrogen-bond acceptors (Lipinski definition) is 3. The molecular weight excluding hydrogens is 241 g/mol. The van der Waals surface area contributed by atoms with Gasteiger partial charge in [0.25, 0.3) is 0 Å². The summed E-state index contributed by atoms with van der Waals surface area (Å²) in [5.74, 6) is 0. The Morgan fingerprint density at radius 1 is 1.44 bits per heavy atom. The van der Waals surface area contributed by atoms with Gasteiger partial charge in [-0.05, 0) is 18.6 Å². The molecule has 90 valence electrons. The summed E-state index contributed by atoms with van der Waals surface area (Å²) in [6.45, 7) is 1.53. The summed E-state index contributed by atoms with van der Waals surface area (Å²) in [6.07, 6.45) is -2.21. The largest absolute Gasteiger partial charge is 0.433 e. The Labute approximate surface area is 91.7 Å². The maximum Gasteiger partial charge on any atom is 0.433 e. The topological polar surface area (TPSA) is 53.8 Å². The van der Waals surface area contributed by atoms with Gasteiger partial charge in [0.15, 0.2) is 0 Å². The lowest BCUT2D eigenvalue weighted by Gasteiger charge is -2.12. The minimum absolute atomic E-state index is 0.371. The van der Waals surface area contributed by atoms with E-state index in [4.69, 9.17) is 4.78 Å². The van der Waals surface area contributed by atoms with Crippen LogP contribution < -0.4 is 0 Å². The highest BCUT2D eigenvalue weighted by Crippen LogP contribution is 2.29. The minimum Gasteiger partial charge on any atom is -0.253 e. The molecule has 0 aromatic carbocycles. The summed E-state index contributed by atoms with van der Waals surface area (Å²) < 4.78 is 55.3. The Morgan fingerprint density at radius 3 is 2.31 bits per heavy atom. The molecule has 0 amide bonds. The molecule has 0 fully saturated rings. The first-order valence-electron chi connectivity index (χ1n) is 4.38. The van der Waals surface area contributed by atoms with Gasteiger partial charge in [-0.1, -0.05) is 6.07 Å². The molecule has 1 aromatic rings. The fourth-order valence-corrected chi connectivity index (χ4v) is 1.73. The van der Waals surface area contributed by atoms with Crippen molar-refractivity contribution in [3.05, 3.63) is 29.6 Å². The van der Waals surface area contributed by atoms with Gasteiger partial charge < -0.3 is 0 Å². The van der Waals surface area contributed by atoms with Crippen molar-refractivity contribution in [2.24, 2.45) is 0 Å². The smallest absolute Gasteiger partial charge is 0.253 e. The third kappa shape index (κ3) is 2.94. The van der Waals surface area contributed by atoms with Gasteiger partial charge in [0.2, 0.25) is 0 Å². The fourth-order valence-electron chi connectivity index (χ4n) is 1.07. The van der Waals surface area contributed by atoms with Crippen LogP contribution in [0.2, 0.25) is 0 Å². The molecule has 0 radical (unpaired) electrons. The van der Waals surface area contributed by atoms with Crippen LogP contribution in [-0.2, 0) is 15.9 Å². The van der Waals surface area contributed by atoms with E-state index in [1.807, 2.05) is 0 Å². The predicted molar refractivity (Wildman–Crippen MR) is 54.4 cm³/mol. The monoisotopic (exact) mass is 252 g/mol. The van der Waals surface area contributed by atoms with Crippen LogP contribution in [0.5, 0.6) is 0 Å². The summed E-state index contributed by atoms with van der Waals surface area (Å²) in [4.78, 5) is 3.25. The van der Waals surface area contributed by atoms with Crippen LogP contribution in [0.3, 0.4) is 0 Å². The van der Waals surface area contributed by atoms with Gasteiger partial charge in [-0.3, -0.25) is 9.76 Å². The third-order valence-corrected chi connectivity index (χ3v) is 3.84. The molecule has 1 heterocycles. The normalized spacial score (nSPS) is 17.8. The Kier molecular flexibility index (Phi) is 3.27. The number of nitrogens with zero attached hydrogens (tertiary/aromatic N) is 1. The van der Waals surface area contributed by atoms with E-state index in [-0.39, 0.29) is 0 Å². The second-order valence-electron chi connectivity index (χ2n) is 3.52. The van der Waals surface area contributed by atoms with E-state index in [2.05, 4.69) is 4.98 Å². The predicted octanol–water partition coefficient (Wildman–Crippen LogP) is 2.84. The molecule has 3 nitrogen and oxygen atoms in total. The Balaban J connectivity index is 3.05. The molecule has 0 aliphatic rings. The van der Waals surface area contributed by atoms with Crippen LogP contribution in [0.4, 0.5) is 13.2 Å². The zero-order valence-electron chi connectivity index (χ0n) is 8.71. The SMILES string of the molecule is CC(c1ccc(C(F)(F)F)nc1)S(C)(=N)=O. The molecule has 2 unspecified atom stereocenters. The average Bonchev–Trinajstić information content (AvgIpc) is 2.14.